The highest BCUT2D eigenvalue weighted by Gasteiger charge is 2.46. The standard InChI is InChI=1S/C13H24/c1-3-4-5-8-13(2)10-11-6-7-12(13)9-11/h11-12H,3-10H2,1-2H3. The van der Waals surface area contributed by atoms with Crippen LogP contribution in [0.1, 0.15) is 65.2 Å². The molecule has 0 aromatic rings. The van der Waals surface area contributed by atoms with E-state index in [1.807, 2.05) is 0 Å². The molecular formula is C13H24. The summed E-state index contributed by atoms with van der Waals surface area (Å²) in [6.45, 7) is 4.87. The Labute approximate surface area is 83.1 Å². The van der Waals surface area contributed by atoms with Gasteiger partial charge in [0.1, 0.15) is 0 Å². The van der Waals surface area contributed by atoms with Crippen LogP contribution in [-0.2, 0) is 0 Å². The molecule has 0 amide bonds. The maximum atomic E-state index is 2.56. The molecule has 2 saturated carbocycles. The molecule has 2 bridgehead atoms. The van der Waals surface area contributed by atoms with Gasteiger partial charge in [-0.2, -0.15) is 0 Å². The van der Waals surface area contributed by atoms with Crippen LogP contribution in [-0.4, -0.2) is 0 Å². The third kappa shape index (κ3) is 1.78. The lowest BCUT2D eigenvalue weighted by molar-refractivity contribution is 0.168. The summed E-state index contributed by atoms with van der Waals surface area (Å²) < 4.78 is 0. The molecule has 2 fully saturated rings. The summed E-state index contributed by atoms with van der Waals surface area (Å²) in [6.07, 6.45) is 12.1. The third-order valence-electron chi connectivity index (χ3n) is 4.63. The first-order chi connectivity index (χ1) is 6.24. The Balaban J connectivity index is 1.83. The van der Waals surface area contributed by atoms with Crippen LogP contribution < -0.4 is 0 Å². The molecule has 0 heteroatoms. The molecule has 0 heterocycles. The zero-order valence-corrected chi connectivity index (χ0v) is 9.31. The molecule has 13 heavy (non-hydrogen) atoms. The molecule has 0 nitrogen and oxygen atoms in total. The highest BCUT2D eigenvalue weighted by atomic mass is 14.5. The zero-order valence-electron chi connectivity index (χ0n) is 9.31. The molecule has 0 aromatic carbocycles. The average molecular weight is 180 g/mol. The SMILES string of the molecule is CCCCCC1(C)CC2CCC1C2. The van der Waals surface area contributed by atoms with Crippen molar-refractivity contribution in [1.82, 2.24) is 0 Å². The second-order valence-electron chi connectivity index (χ2n) is 5.69. The van der Waals surface area contributed by atoms with Gasteiger partial charge < -0.3 is 0 Å². The molecule has 0 aliphatic heterocycles. The van der Waals surface area contributed by atoms with E-state index in [2.05, 4.69) is 13.8 Å². The molecular weight excluding hydrogens is 156 g/mol. The van der Waals surface area contributed by atoms with Gasteiger partial charge in [-0.1, -0.05) is 39.5 Å². The van der Waals surface area contributed by atoms with Crippen LogP contribution >= 0.6 is 0 Å². The molecule has 3 unspecified atom stereocenters. The van der Waals surface area contributed by atoms with Gasteiger partial charge in [0.25, 0.3) is 0 Å². The Hall–Kier alpha value is 0. The van der Waals surface area contributed by atoms with E-state index in [1.165, 1.54) is 25.7 Å². The van der Waals surface area contributed by atoms with E-state index in [-0.39, 0.29) is 0 Å². The lowest BCUT2D eigenvalue weighted by Crippen LogP contribution is -2.23. The second kappa shape index (κ2) is 3.63. The third-order valence-corrected chi connectivity index (χ3v) is 4.63. The Morgan fingerprint density at radius 1 is 1.23 bits per heavy atom. The van der Waals surface area contributed by atoms with Gasteiger partial charge >= 0.3 is 0 Å². The number of rotatable bonds is 4. The quantitative estimate of drug-likeness (QED) is 0.563. The fourth-order valence-corrected chi connectivity index (χ4v) is 3.80. The highest BCUT2D eigenvalue weighted by molar-refractivity contribution is 4.97. The van der Waals surface area contributed by atoms with Crippen molar-refractivity contribution in [3.05, 3.63) is 0 Å². The smallest absolute Gasteiger partial charge is 0.0295 e. The summed E-state index contributed by atoms with van der Waals surface area (Å²) in [7, 11) is 0. The van der Waals surface area contributed by atoms with E-state index in [9.17, 15) is 0 Å². The first-order valence-electron chi connectivity index (χ1n) is 6.24. The van der Waals surface area contributed by atoms with Gasteiger partial charge in [0.2, 0.25) is 0 Å². The Morgan fingerprint density at radius 3 is 2.62 bits per heavy atom. The van der Waals surface area contributed by atoms with Crippen molar-refractivity contribution in [1.29, 1.82) is 0 Å². The molecule has 0 saturated heterocycles. The first kappa shape index (κ1) is 9.55. The average Bonchev–Trinajstić information content (AvgIpc) is 2.64. The topological polar surface area (TPSA) is 0 Å². The summed E-state index contributed by atoms with van der Waals surface area (Å²) >= 11 is 0. The van der Waals surface area contributed by atoms with Crippen molar-refractivity contribution in [3.63, 3.8) is 0 Å². The van der Waals surface area contributed by atoms with Gasteiger partial charge in [-0.25, -0.2) is 0 Å². The van der Waals surface area contributed by atoms with Crippen LogP contribution in [0.25, 0.3) is 0 Å². The molecule has 0 spiro atoms. The summed E-state index contributed by atoms with van der Waals surface area (Å²) in [6, 6.07) is 0. The van der Waals surface area contributed by atoms with E-state index < -0.39 is 0 Å². The molecule has 0 N–H and O–H groups in total. The van der Waals surface area contributed by atoms with E-state index in [0.717, 1.165) is 17.3 Å². The van der Waals surface area contributed by atoms with Crippen molar-refractivity contribution in [3.8, 4) is 0 Å². The molecule has 0 aromatic heterocycles. The number of fused-ring (bicyclic) bond motifs is 2. The van der Waals surface area contributed by atoms with Gasteiger partial charge in [-0.05, 0) is 42.9 Å². The van der Waals surface area contributed by atoms with Crippen molar-refractivity contribution in [2.75, 3.05) is 0 Å². The summed E-state index contributed by atoms with van der Waals surface area (Å²) in [5, 5.41) is 0. The van der Waals surface area contributed by atoms with Gasteiger partial charge in [0.15, 0.2) is 0 Å². The normalized spacial score (nSPS) is 42.9. The maximum Gasteiger partial charge on any atom is -0.0295 e. The minimum atomic E-state index is 0.762. The van der Waals surface area contributed by atoms with Crippen LogP contribution in [0, 0.1) is 17.3 Å². The Bertz CT molecular complexity index is 173. The largest absolute Gasteiger partial charge is 0.0654 e. The van der Waals surface area contributed by atoms with Crippen LogP contribution in [0.2, 0.25) is 0 Å². The number of unbranched alkanes of at least 4 members (excludes halogenated alkanes) is 2. The predicted molar refractivity (Wildman–Crippen MR) is 57.7 cm³/mol. The minimum absolute atomic E-state index is 0.762. The number of hydrogen-bond donors (Lipinski definition) is 0. The monoisotopic (exact) mass is 180 g/mol. The van der Waals surface area contributed by atoms with Crippen molar-refractivity contribution in [2.45, 2.75) is 65.2 Å². The summed E-state index contributed by atoms with van der Waals surface area (Å²) in [5.74, 6) is 2.23. The fourth-order valence-electron chi connectivity index (χ4n) is 3.80. The van der Waals surface area contributed by atoms with Crippen LogP contribution in [0.3, 0.4) is 0 Å². The molecule has 0 radical (unpaired) electrons. The molecule has 3 atom stereocenters. The second-order valence-corrected chi connectivity index (χ2v) is 5.69. The fraction of sp³-hybridized carbons (Fsp3) is 1.00. The summed E-state index contributed by atoms with van der Waals surface area (Å²) in [5.41, 5.74) is 0.762. The van der Waals surface area contributed by atoms with Crippen LogP contribution in [0.4, 0.5) is 0 Å². The highest BCUT2D eigenvalue weighted by Crippen LogP contribution is 2.57. The molecule has 2 aliphatic carbocycles. The van der Waals surface area contributed by atoms with Crippen molar-refractivity contribution >= 4 is 0 Å². The number of hydrogen-bond acceptors (Lipinski definition) is 0. The van der Waals surface area contributed by atoms with Crippen LogP contribution in [0.15, 0.2) is 0 Å². The minimum Gasteiger partial charge on any atom is -0.0654 e. The molecule has 2 aliphatic rings. The van der Waals surface area contributed by atoms with Crippen molar-refractivity contribution in [2.24, 2.45) is 17.3 Å². The lowest BCUT2D eigenvalue weighted by Gasteiger charge is -2.34. The zero-order chi connectivity index (χ0) is 9.31. The first-order valence-corrected chi connectivity index (χ1v) is 6.24. The van der Waals surface area contributed by atoms with Gasteiger partial charge in [-0.3, -0.25) is 0 Å². The molecule has 2 rings (SSSR count). The van der Waals surface area contributed by atoms with Crippen molar-refractivity contribution < 1.29 is 0 Å². The van der Waals surface area contributed by atoms with E-state index in [0.29, 0.717) is 0 Å². The van der Waals surface area contributed by atoms with Gasteiger partial charge in [-0.15, -0.1) is 0 Å². The van der Waals surface area contributed by atoms with Gasteiger partial charge in [0, 0.05) is 0 Å². The maximum absolute atomic E-state index is 2.56. The Kier molecular flexibility index (Phi) is 2.67. The molecule has 76 valence electrons. The van der Waals surface area contributed by atoms with E-state index in [1.54, 1.807) is 25.7 Å². The van der Waals surface area contributed by atoms with E-state index in [4.69, 9.17) is 0 Å². The van der Waals surface area contributed by atoms with Crippen LogP contribution in [0.5, 0.6) is 0 Å². The summed E-state index contributed by atoms with van der Waals surface area (Å²) in [4.78, 5) is 0. The Morgan fingerprint density at radius 2 is 2.08 bits per heavy atom. The van der Waals surface area contributed by atoms with E-state index >= 15 is 0 Å². The van der Waals surface area contributed by atoms with Gasteiger partial charge in [0.05, 0.1) is 0 Å². The predicted octanol–water partition coefficient (Wildman–Crippen LogP) is 4.39. The lowest BCUT2D eigenvalue weighted by atomic mass is 9.71.